The van der Waals surface area contributed by atoms with E-state index < -0.39 is 0 Å². The molecule has 0 aliphatic carbocycles. The van der Waals surface area contributed by atoms with Gasteiger partial charge < -0.3 is 9.64 Å². The number of fused-ring (bicyclic) bond motifs is 1. The lowest BCUT2D eigenvalue weighted by Crippen LogP contribution is -2.31. The Morgan fingerprint density at radius 2 is 2.04 bits per heavy atom. The third kappa shape index (κ3) is 3.49. The van der Waals surface area contributed by atoms with Crippen LogP contribution in [-0.2, 0) is 0 Å². The number of nitrogens with zero attached hydrogens (tertiary/aromatic N) is 3. The molecule has 1 aromatic carbocycles. The van der Waals surface area contributed by atoms with Crippen molar-refractivity contribution < 1.29 is 9.53 Å². The molecule has 0 bridgehead atoms. The largest absolute Gasteiger partial charge is 0.472 e. The van der Waals surface area contributed by atoms with Crippen LogP contribution in [0, 0.1) is 0 Å². The Balaban J connectivity index is 1.45. The summed E-state index contributed by atoms with van der Waals surface area (Å²) in [6.07, 6.45) is 2.45. The first-order valence-corrected chi connectivity index (χ1v) is 8.91. The van der Waals surface area contributed by atoms with Gasteiger partial charge in [-0.25, -0.2) is 9.97 Å². The van der Waals surface area contributed by atoms with Crippen LogP contribution >= 0.6 is 15.9 Å². The van der Waals surface area contributed by atoms with Gasteiger partial charge in [0, 0.05) is 35.1 Å². The molecule has 1 aliphatic heterocycles. The third-order valence-corrected chi connectivity index (χ3v) is 4.71. The first-order chi connectivity index (χ1) is 12.2. The fourth-order valence-corrected chi connectivity index (χ4v) is 3.19. The van der Waals surface area contributed by atoms with Crippen molar-refractivity contribution in [1.82, 2.24) is 14.9 Å². The summed E-state index contributed by atoms with van der Waals surface area (Å²) in [5.41, 5.74) is 1.31. The standard InChI is InChI=1S/C19H16BrN3O2/c20-14-6-8-18(21-11-14)25-15-9-10-23(12-15)19(24)17-7-5-13-3-1-2-4-16(13)22-17/h1-8,11,15H,9-10,12H2. The molecule has 0 radical (unpaired) electrons. The summed E-state index contributed by atoms with van der Waals surface area (Å²) in [6, 6.07) is 15.2. The van der Waals surface area contributed by atoms with Crippen LogP contribution in [0.15, 0.2) is 59.2 Å². The molecule has 1 unspecified atom stereocenters. The number of para-hydroxylation sites is 1. The van der Waals surface area contributed by atoms with E-state index in [0.29, 0.717) is 24.7 Å². The first kappa shape index (κ1) is 16.0. The van der Waals surface area contributed by atoms with E-state index in [1.54, 1.807) is 17.2 Å². The molecule has 1 fully saturated rings. The molecule has 3 heterocycles. The average Bonchev–Trinajstić information content (AvgIpc) is 3.11. The zero-order chi connectivity index (χ0) is 17.2. The maximum Gasteiger partial charge on any atom is 0.272 e. The summed E-state index contributed by atoms with van der Waals surface area (Å²) in [5, 5.41) is 1.03. The smallest absolute Gasteiger partial charge is 0.272 e. The average molecular weight is 398 g/mol. The SMILES string of the molecule is O=C(c1ccc2ccccc2n1)N1CCC(Oc2ccc(Br)cn2)C1. The minimum atomic E-state index is -0.0550. The number of likely N-dealkylation sites (tertiary alicyclic amines) is 1. The maximum atomic E-state index is 12.7. The van der Waals surface area contributed by atoms with Gasteiger partial charge in [0.1, 0.15) is 11.8 Å². The van der Waals surface area contributed by atoms with Crippen molar-refractivity contribution in [2.24, 2.45) is 0 Å². The summed E-state index contributed by atoms with van der Waals surface area (Å²) >= 11 is 3.35. The molecule has 4 rings (SSSR count). The second kappa shape index (κ2) is 6.80. The molecular weight excluding hydrogens is 382 g/mol. The topological polar surface area (TPSA) is 55.3 Å². The Labute approximate surface area is 153 Å². The number of carbonyl (C=O) groups excluding carboxylic acids is 1. The van der Waals surface area contributed by atoms with Gasteiger partial charge in [-0.05, 0) is 34.1 Å². The highest BCUT2D eigenvalue weighted by atomic mass is 79.9. The summed E-state index contributed by atoms with van der Waals surface area (Å²) < 4.78 is 6.78. The van der Waals surface area contributed by atoms with Gasteiger partial charge in [0.15, 0.2) is 0 Å². The quantitative estimate of drug-likeness (QED) is 0.676. The molecule has 5 nitrogen and oxygen atoms in total. The number of aromatic nitrogens is 2. The second-order valence-electron chi connectivity index (χ2n) is 5.98. The predicted octanol–water partition coefficient (Wildman–Crippen LogP) is 3.69. The van der Waals surface area contributed by atoms with Crippen LogP contribution in [0.4, 0.5) is 0 Å². The molecule has 1 aliphatic rings. The number of hydrogen-bond donors (Lipinski definition) is 0. The van der Waals surface area contributed by atoms with E-state index >= 15 is 0 Å². The van der Waals surface area contributed by atoms with Crippen molar-refractivity contribution in [2.75, 3.05) is 13.1 Å². The van der Waals surface area contributed by atoms with Crippen molar-refractivity contribution in [3.8, 4) is 5.88 Å². The number of ether oxygens (including phenoxy) is 1. The highest BCUT2D eigenvalue weighted by Crippen LogP contribution is 2.20. The normalized spacial score (nSPS) is 17.0. The highest BCUT2D eigenvalue weighted by Gasteiger charge is 2.29. The molecule has 1 saturated heterocycles. The summed E-state index contributed by atoms with van der Waals surface area (Å²) in [4.78, 5) is 23.2. The monoisotopic (exact) mass is 397 g/mol. The Hall–Kier alpha value is -2.47. The van der Waals surface area contributed by atoms with Crippen LogP contribution in [0.5, 0.6) is 5.88 Å². The van der Waals surface area contributed by atoms with Crippen molar-refractivity contribution in [3.63, 3.8) is 0 Å². The van der Waals surface area contributed by atoms with Gasteiger partial charge in [-0.1, -0.05) is 24.3 Å². The van der Waals surface area contributed by atoms with E-state index in [1.165, 1.54) is 0 Å². The number of hydrogen-bond acceptors (Lipinski definition) is 4. The summed E-state index contributed by atoms with van der Waals surface area (Å²) in [5.74, 6) is 0.520. The molecule has 0 saturated carbocycles. The third-order valence-electron chi connectivity index (χ3n) is 4.24. The van der Waals surface area contributed by atoms with Crippen molar-refractivity contribution in [1.29, 1.82) is 0 Å². The molecule has 1 amide bonds. The number of carbonyl (C=O) groups is 1. The van der Waals surface area contributed by atoms with E-state index in [2.05, 4.69) is 25.9 Å². The number of halogens is 1. The lowest BCUT2D eigenvalue weighted by atomic mass is 10.2. The second-order valence-corrected chi connectivity index (χ2v) is 6.90. The van der Waals surface area contributed by atoms with E-state index in [-0.39, 0.29) is 12.0 Å². The lowest BCUT2D eigenvalue weighted by Gasteiger charge is -2.16. The maximum absolute atomic E-state index is 12.7. The minimum Gasteiger partial charge on any atom is -0.472 e. The number of amides is 1. The lowest BCUT2D eigenvalue weighted by molar-refractivity contribution is 0.0766. The highest BCUT2D eigenvalue weighted by molar-refractivity contribution is 9.10. The Bertz CT molecular complexity index is 914. The first-order valence-electron chi connectivity index (χ1n) is 8.12. The van der Waals surface area contributed by atoms with E-state index in [4.69, 9.17) is 4.74 Å². The van der Waals surface area contributed by atoms with Crippen LogP contribution in [0.2, 0.25) is 0 Å². The molecule has 25 heavy (non-hydrogen) atoms. The molecule has 3 aromatic rings. The zero-order valence-electron chi connectivity index (χ0n) is 13.4. The van der Waals surface area contributed by atoms with Crippen LogP contribution in [0.1, 0.15) is 16.9 Å². The van der Waals surface area contributed by atoms with Crippen molar-refractivity contribution in [3.05, 3.63) is 64.9 Å². The Morgan fingerprint density at radius 1 is 1.16 bits per heavy atom. The van der Waals surface area contributed by atoms with E-state index in [9.17, 15) is 4.79 Å². The van der Waals surface area contributed by atoms with Crippen LogP contribution < -0.4 is 4.74 Å². The molecular formula is C19H16BrN3O2. The summed E-state index contributed by atoms with van der Waals surface area (Å²) in [7, 11) is 0. The van der Waals surface area contributed by atoms with E-state index in [1.807, 2.05) is 42.5 Å². The molecule has 126 valence electrons. The Kier molecular flexibility index (Phi) is 4.36. The molecule has 2 aromatic heterocycles. The number of rotatable bonds is 3. The van der Waals surface area contributed by atoms with Gasteiger partial charge >= 0.3 is 0 Å². The van der Waals surface area contributed by atoms with Gasteiger partial charge in [0.2, 0.25) is 5.88 Å². The fraction of sp³-hybridized carbons (Fsp3) is 0.211. The van der Waals surface area contributed by atoms with Crippen LogP contribution in [0.25, 0.3) is 10.9 Å². The Morgan fingerprint density at radius 3 is 2.88 bits per heavy atom. The van der Waals surface area contributed by atoms with Gasteiger partial charge in [0.25, 0.3) is 5.91 Å². The van der Waals surface area contributed by atoms with Crippen molar-refractivity contribution in [2.45, 2.75) is 12.5 Å². The van der Waals surface area contributed by atoms with Crippen molar-refractivity contribution >= 4 is 32.7 Å². The number of pyridine rings is 2. The molecule has 6 heteroatoms. The molecule has 0 spiro atoms. The summed E-state index contributed by atoms with van der Waals surface area (Å²) in [6.45, 7) is 1.21. The predicted molar refractivity (Wildman–Crippen MR) is 98.6 cm³/mol. The van der Waals surface area contributed by atoms with Gasteiger partial charge in [0.05, 0.1) is 12.1 Å². The van der Waals surface area contributed by atoms with Gasteiger partial charge in [-0.3, -0.25) is 4.79 Å². The fourth-order valence-electron chi connectivity index (χ4n) is 2.96. The molecule has 0 N–H and O–H groups in total. The van der Waals surface area contributed by atoms with Crippen LogP contribution in [0.3, 0.4) is 0 Å². The minimum absolute atomic E-state index is 0.0434. The zero-order valence-corrected chi connectivity index (χ0v) is 15.0. The van der Waals surface area contributed by atoms with Crippen LogP contribution in [-0.4, -0.2) is 40.0 Å². The number of benzene rings is 1. The molecule has 1 atom stereocenters. The van der Waals surface area contributed by atoms with Gasteiger partial charge in [-0.15, -0.1) is 0 Å². The van der Waals surface area contributed by atoms with E-state index in [0.717, 1.165) is 21.8 Å². The van der Waals surface area contributed by atoms with Gasteiger partial charge in [-0.2, -0.15) is 0 Å².